The fourth-order valence-corrected chi connectivity index (χ4v) is 14.8. The van der Waals surface area contributed by atoms with E-state index in [1.165, 1.54) is 12.0 Å². The predicted octanol–water partition coefficient (Wildman–Crippen LogP) is 7.76. The van der Waals surface area contributed by atoms with Gasteiger partial charge in [0.25, 0.3) is 8.32 Å². The van der Waals surface area contributed by atoms with E-state index < -0.39 is 32.2 Å². The van der Waals surface area contributed by atoms with Crippen LogP contribution in [0.5, 0.6) is 11.5 Å². The molecule has 2 aliphatic carbocycles. The van der Waals surface area contributed by atoms with Crippen molar-refractivity contribution in [3.63, 3.8) is 0 Å². The Kier molecular flexibility index (Phi) is 13.7. The first kappa shape index (κ1) is 42.3. The third-order valence-electron chi connectivity index (χ3n) is 12.4. The first-order valence-electron chi connectivity index (χ1n) is 20.2. The van der Waals surface area contributed by atoms with E-state index in [1.54, 1.807) is 6.07 Å². The summed E-state index contributed by atoms with van der Waals surface area (Å²) in [7, 11) is -1.49. The summed E-state index contributed by atoms with van der Waals surface area (Å²) >= 11 is 2.09. The Morgan fingerprint density at radius 1 is 0.982 bits per heavy atom. The van der Waals surface area contributed by atoms with Crippen molar-refractivity contribution in [1.82, 2.24) is 4.90 Å². The average Bonchev–Trinajstić information content (AvgIpc) is 3.45. The maximum Gasteiger partial charge on any atom is 0.261 e. The minimum absolute atomic E-state index is 0.103. The number of aliphatic hydroxyl groups excluding tert-OH is 2. The molecule has 1 aliphatic heterocycles. The SMILES string of the molecule is CC/C(=C\c1cc(I)c(O)c(OC)c1)CC[C@@H](O)C1=C(CO[Si](c2ccccc2)(c2ccccc2)C(C)(C)C)C[C@H]2C(=O)N(C3CCCCC3)C(=O)[C@H]2[C@H]1CO. The van der Waals surface area contributed by atoms with Crippen LogP contribution < -0.4 is 15.1 Å². The van der Waals surface area contributed by atoms with Crippen LogP contribution in [-0.4, -0.2) is 72.8 Å². The van der Waals surface area contributed by atoms with E-state index in [0.717, 1.165) is 65.6 Å². The summed E-state index contributed by atoms with van der Waals surface area (Å²) in [6.07, 6.45) is 7.79. The lowest BCUT2D eigenvalue weighted by atomic mass is 9.68. The van der Waals surface area contributed by atoms with Crippen LogP contribution in [0.3, 0.4) is 0 Å². The molecule has 3 aliphatic rings. The number of hydrogen-bond donors (Lipinski definition) is 3. The number of nitrogens with zero attached hydrogens (tertiary/aromatic N) is 1. The van der Waals surface area contributed by atoms with Crippen molar-refractivity contribution < 1.29 is 34.1 Å². The van der Waals surface area contributed by atoms with Crippen LogP contribution in [0.25, 0.3) is 6.08 Å². The van der Waals surface area contributed by atoms with Gasteiger partial charge in [-0.3, -0.25) is 14.5 Å². The Balaban J connectivity index is 1.40. The summed E-state index contributed by atoms with van der Waals surface area (Å²) in [4.78, 5) is 30.2. The molecule has 4 atom stereocenters. The van der Waals surface area contributed by atoms with Gasteiger partial charge < -0.3 is 24.5 Å². The van der Waals surface area contributed by atoms with Crippen molar-refractivity contribution in [3.8, 4) is 11.5 Å². The number of phenolic OH excluding ortho intramolecular Hbond substituents is 1. The quantitative estimate of drug-likeness (QED) is 0.0656. The molecule has 0 radical (unpaired) electrons. The van der Waals surface area contributed by atoms with Gasteiger partial charge in [0.2, 0.25) is 11.8 Å². The molecule has 3 aromatic carbocycles. The fourth-order valence-electron chi connectivity index (χ4n) is 9.67. The molecule has 3 N–H and O–H groups in total. The predicted molar refractivity (Wildman–Crippen MR) is 232 cm³/mol. The minimum Gasteiger partial charge on any atom is -0.504 e. The minimum atomic E-state index is -3.01. The van der Waals surface area contributed by atoms with Crippen LogP contribution in [0.1, 0.15) is 91.0 Å². The maximum atomic E-state index is 14.4. The van der Waals surface area contributed by atoms with Gasteiger partial charge in [-0.25, -0.2) is 0 Å². The number of carbonyl (C=O) groups excluding carboxylic acids is 2. The number of amides is 2. The van der Waals surface area contributed by atoms with Gasteiger partial charge in [-0.05, 0) is 105 Å². The summed E-state index contributed by atoms with van der Waals surface area (Å²) in [6.45, 7) is 8.57. The smallest absolute Gasteiger partial charge is 0.261 e. The Bertz CT molecular complexity index is 1880. The highest BCUT2D eigenvalue weighted by molar-refractivity contribution is 14.1. The number of ether oxygens (including phenoxy) is 1. The largest absolute Gasteiger partial charge is 0.504 e. The van der Waals surface area contributed by atoms with Gasteiger partial charge in [0.1, 0.15) is 0 Å². The van der Waals surface area contributed by atoms with Gasteiger partial charge in [-0.2, -0.15) is 0 Å². The second-order valence-corrected chi connectivity index (χ2v) is 22.2. The molecule has 56 heavy (non-hydrogen) atoms. The molecule has 0 unspecified atom stereocenters. The number of likely N-dealkylation sites (tertiary alicyclic amines) is 1. The number of imide groups is 1. The van der Waals surface area contributed by atoms with Gasteiger partial charge >= 0.3 is 0 Å². The van der Waals surface area contributed by atoms with E-state index in [-0.39, 0.29) is 41.9 Å². The second kappa shape index (κ2) is 18.1. The monoisotopic (exact) mass is 891 g/mol. The van der Waals surface area contributed by atoms with Crippen LogP contribution in [0.15, 0.2) is 89.5 Å². The van der Waals surface area contributed by atoms with Gasteiger partial charge in [0, 0.05) is 12.0 Å². The molecular weight excluding hydrogens is 833 g/mol. The Labute approximate surface area is 347 Å². The summed E-state index contributed by atoms with van der Waals surface area (Å²) < 4.78 is 13.5. The molecule has 8 nitrogen and oxygen atoms in total. The molecule has 300 valence electrons. The highest BCUT2D eigenvalue weighted by Crippen LogP contribution is 2.48. The van der Waals surface area contributed by atoms with Crippen LogP contribution >= 0.6 is 22.6 Å². The molecule has 0 bridgehead atoms. The van der Waals surface area contributed by atoms with Gasteiger partial charge in [-0.15, -0.1) is 0 Å². The first-order chi connectivity index (χ1) is 26.9. The number of phenols is 1. The van der Waals surface area contributed by atoms with Crippen molar-refractivity contribution in [1.29, 1.82) is 0 Å². The van der Waals surface area contributed by atoms with Crippen molar-refractivity contribution in [2.24, 2.45) is 17.8 Å². The van der Waals surface area contributed by atoms with Gasteiger partial charge in [0.15, 0.2) is 11.5 Å². The van der Waals surface area contributed by atoms with E-state index >= 15 is 0 Å². The fraction of sp³-hybridized carbons (Fsp3) is 0.478. The molecule has 0 spiro atoms. The Morgan fingerprint density at radius 3 is 2.16 bits per heavy atom. The number of rotatable bonds is 14. The first-order valence-corrected chi connectivity index (χ1v) is 23.2. The second-order valence-electron chi connectivity index (χ2n) is 16.7. The summed E-state index contributed by atoms with van der Waals surface area (Å²) in [5.41, 5.74) is 3.45. The Hall–Kier alpha value is -3.29. The maximum absolute atomic E-state index is 14.4. The van der Waals surface area contributed by atoms with E-state index in [1.807, 2.05) is 42.5 Å². The average molecular weight is 892 g/mol. The lowest BCUT2D eigenvalue weighted by Gasteiger charge is -2.44. The molecule has 0 aromatic heterocycles. The van der Waals surface area contributed by atoms with Crippen molar-refractivity contribution in [2.75, 3.05) is 20.3 Å². The standard InChI is InChI=1S/C46H58INO7Si/c1-6-30(24-31-25-38(47)43(51)40(26-31)54-5)22-23-39(50)41-32(27-36-42(37(41)28-49)45(53)48(44(36)52)33-16-10-7-11-17-33)29-55-56(46(2,3)4,34-18-12-8-13-19-34)35-20-14-9-15-21-35/h8-9,12-15,18-21,24-26,33,36-37,39,42,49-51H,6-7,10-11,16-17,22-23,27-29H2,1-5H3/b30-24+/t36-,37+,39-,42-/m1/s1. The number of aliphatic hydroxyl groups is 2. The molecule has 3 aromatic rings. The summed E-state index contributed by atoms with van der Waals surface area (Å²) in [5, 5.41) is 35.9. The molecule has 2 amide bonds. The molecule has 1 heterocycles. The molecule has 6 rings (SSSR count). The molecule has 10 heteroatoms. The normalized spacial score (nSPS) is 21.8. The van der Waals surface area contributed by atoms with Gasteiger partial charge in [-0.1, -0.05) is 119 Å². The topological polar surface area (TPSA) is 117 Å². The third-order valence-corrected chi connectivity index (χ3v) is 18.2. The highest BCUT2D eigenvalue weighted by atomic mass is 127. The highest BCUT2D eigenvalue weighted by Gasteiger charge is 2.57. The number of benzene rings is 3. The van der Waals surface area contributed by atoms with E-state index in [4.69, 9.17) is 9.16 Å². The number of carbonyl (C=O) groups is 2. The number of allylic oxidation sites excluding steroid dienone is 1. The number of methoxy groups -OCH3 is 1. The lowest BCUT2D eigenvalue weighted by Crippen LogP contribution is -2.66. The summed E-state index contributed by atoms with van der Waals surface area (Å²) in [6, 6.07) is 24.4. The number of fused-ring (bicyclic) bond motifs is 1. The third kappa shape index (κ3) is 8.32. The molecule has 1 saturated heterocycles. The Morgan fingerprint density at radius 2 is 1.61 bits per heavy atom. The van der Waals surface area contributed by atoms with E-state index in [2.05, 4.69) is 80.6 Å². The van der Waals surface area contributed by atoms with Crippen LogP contribution in [-0.2, 0) is 14.0 Å². The number of aromatic hydroxyl groups is 1. The zero-order valence-corrected chi connectivity index (χ0v) is 36.6. The molecule has 2 fully saturated rings. The number of hydrogen-bond acceptors (Lipinski definition) is 7. The van der Waals surface area contributed by atoms with Crippen molar-refractivity contribution >= 4 is 59.2 Å². The van der Waals surface area contributed by atoms with Crippen LogP contribution in [0.4, 0.5) is 0 Å². The molecular formula is C46H58INO7Si. The van der Waals surface area contributed by atoms with Crippen molar-refractivity contribution in [2.45, 2.75) is 103 Å². The zero-order chi connectivity index (χ0) is 40.2. The van der Waals surface area contributed by atoms with E-state index in [9.17, 15) is 24.9 Å². The zero-order valence-electron chi connectivity index (χ0n) is 33.5. The van der Waals surface area contributed by atoms with E-state index in [0.29, 0.717) is 34.2 Å². The van der Waals surface area contributed by atoms with Gasteiger partial charge in [0.05, 0.1) is 41.8 Å². The van der Waals surface area contributed by atoms with Crippen molar-refractivity contribution in [3.05, 3.63) is 98.6 Å². The summed E-state index contributed by atoms with van der Waals surface area (Å²) in [5.74, 6) is -1.87. The van der Waals surface area contributed by atoms with Crippen LogP contribution in [0, 0.1) is 21.3 Å². The molecule has 1 saturated carbocycles. The number of halogens is 1. The lowest BCUT2D eigenvalue weighted by molar-refractivity contribution is -0.143. The van der Waals surface area contributed by atoms with Crippen LogP contribution in [0.2, 0.25) is 5.04 Å².